The molecule has 0 bridgehead atoms. The van der Waals surface area contributed by atoms with Crippen molar-refractivity contribution >= 4 is 80.9 Å². The number of carbonyl (C=O) groups is 3. The van der Waals surface area contributed by atoms with Gasteiger partial charge in [-0.2, -0.15) is 0 Å². The Labute approximate surface area is 365 Å². The lowest BCUT2D eigenvalue weighted by molar-refractivity contribution is -0.153. The molecule has 0 radical (unpaired) electrons. The Morgan fingerprint density at radius 3 is 2.20 bits per heavy atom. The molecule has 0 saturated carbocycles. The van der Waals surface area contributed by atoms with E-state index in [4.69, 9.17) is 23.4 Å². The monoisotopic (exact) mass is 892 g/mol. The van der Waals surface area contributed by atoms with Crippen LogP contribution in [0.5, 0.6) is 0 Å². The van der Waals surface area contributed by atoms with Gasteiger partial charge in [0, 0.05) is 16.0 Å². The summed E-state index contributed by atoms with van der Waals surface area (Å²) in [7, 11) is 1.32. The lowest BCUT2D eigenvalue weighted by atomic mass is 9.77. The van der Waals surface area contributed by atoms with E-state index < -0.39 is 47.2 Å². The third kappa shape index (κ3) is 8.43. The van der Waals surface area contributed by atoms with Crippen LogP contribution < -0.4 is 16.5 Å². The number of thiazole rings is 2. The number of hydrogen-bond donors (Lipinski definition) is 2. The van der Waals surface area contributed by atoms with Gasteiger partial charge >= 0.3 is 11.8 Å². The zero-order chi connectivity index (χ0) is 42.5. The van der Waals surface area contributed by atoms with Gasteiger partial charge in [0.2, 0.25) is 0 Å². The molecule has 6 aromatic rings. The van der Waals surface area contributed by atoms with Crippen LogP contribution in [0.3, 0.4) is 0 Å². The number of β-lactam (4-membered cyclic amide) rings is 1. The zero-order valence-corrected chi connectivity index (χ0v) is 36.0. The molecule has 8 rings (SSSR count). The molecule has 5 heterocycles. The third-order valence-electron chi connectivity index (χ3n) is 9.85. The van der Waals surface area contributed by atoms with Crippen LogP contribution >= 0.6 is 46.2 Å². The van der Waals surface area contributed by atoms with Crippen molar-refractivity contribution in [3.63, 3.8) is 0 Å². The highest BCUT2D eigenvalue weighted by Gasteiger charge is 2.55. The zero-order valence-electron chi connectivity index (χ0n) is 32.7. The summed E-state index contributed by atoms with van der Waals surface area (Å²) in [4.78, 5) is 70.4. The molecule has 1 fully saturated rings. The van der Waals surface area contributed by atoms with Gasteiger partial charge in [0.05, 0.1) is 16.1 Å². The largest absolute Gasteiger partial charge is 0.519 e. The van der Waals surface area contributed by atoms with Crippen LogP contribution in [0.15, 0.2) is 137 Å². The predicted molar refractivity (Wildman–Crippen MR) is 236 cm³/mol. The standard InChI is InChI=1S/C43H36N6O8S4/c1-25-32(61-24-44-25)19-20-58-33-23-59-39-35(38(51)49(39)36(33)40(52)55-21-31-26(2)56-42(53)57-31)46-37(50)34(48-54-3)30-22-60-41(45-30)47-43(27-13-7-4-8-14-27,28-15-9-5-10-16-28)29-17-11-6-12-18-29/h4-20,22,24,35,39H,21,23H2,1-3H3,(H,45,47)(H,46,50)/b20-19-,48-34-/t35-,39-/m1/s1. The number of nitrogens with one attached hydrogen (secondary N) is 2. The summed E-state index contributed by atoms with van der Waals surface area (Å²) in [5.74, 6) is -2.41. The second-order valence-corrected chi connectivity index (χ2v) is 17.3. The summed E-state index contributed by atoms with van der Waals surface area (Å²) < 4.78 is 15.5. The Balaban J connectivity index is 1.04. The Kier molecular flexibility index (Phi) is 12.4. The van der Waals surface area contributed by atoms with Gasteiger partial charge in [-0.1, -0.05) is 108 Å². The minimum absolute atomic E-state index is 0.0261. The van der Waals surface area contributed by atoms with E-state index in [-0.39, 0.29) is 28.6 Å². The Morgan fingerprint density at radius 1 is 0.967 bits per heavy atom. The summed E-state index contributed by atoms with van der Waals surface area (Å²) in [6.45, 7) is 3.02. The van der Waals surface area contributed by atoms with Crippen molar-refractivity contribution in [3.8, 4) is 0 Å². The Bertz CT molecular complexity index is 2610. The maximum absolute atomic E-state index is 14.0. The van der Waals surface area contributed by atoms with E-state index in [1.165, 1.54) is 65.1 Å². The van der Waals surface area contributed by atoms with Gasteiger partial charge in [-0.3, -0.25) is 14.5 Å². The van der Waals surface area contributed by atoms with Gasteiger partial charge in [0.15, 0.2) is 29.0 Å². The first kappa shape index (κ1) is 41.5. The first-order valence-corrected chi connectivity index (χ1v) is 22.4. The maximum atomic E-state index is 14.0. The number of benzene rings is 3. The minimum atomic E-state index is -1.02. The minimum Gasteiger partial charge on any atom is -0.453 e. The van der Waals surface area contributed by atoms with E-state index in [0.29, 0.717) is 15.8 Å². The number of hydrogen-bond acceptors (Lipinski definition) is 16. The fourth-order valence-corrected chi connectivity index (χ4v) is 10.8. The fourth-order valence-electron chi connectivity index (χ4n) is 6.91. The topological polar surface area (TPSA) is 178 Å². The number of fused-ring (bicyclic) bond motifs is 1. The first-order chi connectivity index (χ1) is 29.7. The highest BCUT2D eigenvalue weighted by Crippen LogP contribution is 2.45. The van der Waals surface area contributed by atoms with Crippen molar-refractivity contribution in [1.29, 1.82) is 0 Å². The van der Waals surface area contributed by atoms with Crippen LogP contribution in [0.2, 0.25) is 0 Å². The second-order valence-electron chi connectivity index (χ2n) is 13.5. The van der Waals surface area contributed by atoms with Crippen LogP contribution in [0, 0.1) is 13.8 Å². The molecule has 2 atom stereocenters. The normalized spacial score (nSPS) is 16.6. The highest BCUT2D eigenvalue weighted by atomic mass is 32.2. The van der Waals surface area contributed by atoms with E-state index in [1.807, 2.05) is 73.0 Å². The van der Waals surface area contributed by atoms with Crippen LogP contribution in [-0.2, 0) is 36.1 Å². The molecule has 0 aliphatic carbocycles. The average molecular weight is 893 g/mol. The van der Waals surface area contributed by atoms with Crippen LogP contribution in [0.4, 0.5) is 5.13 Å². The molecule has 0 unspecified atom stereocenters. The number of amides is 2. The van der Waals surface area contributed by atoms with Gasteiger partial charge in [-0.25, -0.2) is 19.6 Å². The van der Waals surface area contributed by atoms with Crippen LogP contribution in [-0.4, -0.2) is 62.6 Å². The van der Waals surface area contributed by atoms with Crippen molar-refractivity contribution in [1.82, 2.24) is 20.2 Å². The molecule has 3 aromatic heterocycles. The summed E-state index contributed by atoms with van der Waals surface area (Å²) in [5.41, 5.74) is 4.76. The van der Waals surface area contributed by atoms with Crippen molar-refractivity contribution in [2.24, 2.45) is 5.16 Å². The summed E-state index contributed by atoms with van der Waals surface area (Å²) in [6.07, 6.45) is 1.88. The van der Waals surface area contributed by atoms with Gasteiger partial charge in [-0.15, -0.1) is 34.4 Å². The number of oxime groups is 1. The molecule has 0 spiro atoms. The maximum Gasteiger partial charge on any atom is 0.519 e. The molecule has 18 heteroatoms. The second kappa shape index (κ2) is 18.2. The molecule has 3 aromatic carbocycles. The van der Waals surface area contributed by atoms with Gasteiger partial charge in [0.1, 0.15) is 35.5 Å². The summed E-state index contributed by atoms with van der Waals surface area (Å²) >= 11 is 5.42. The molecule has 14 nitrogen and oxygen atoms in total. The number of aryl methyl sites for hydroxylation is 2. The van der Waals surface area contributed by atoms with Crippen molar-refractivity contribution in [2.45, 2.75) is 37.4 Å². The van der Waals surface area contributed by atoms with E-state index in [0.717, 1.165) is 27.3 Å². The first-order valence-electron chi connectivity index (χ1n) is 18.7. The fraction of sp³-hybridized carbons (Fsp3) is 0.186. The van der Waals surface area contributed by atoms with Crippen molar-refractivity contribution in [2.75, 3.05) is 18.2 Å². The van der Waals surface area contributed by atoms with Gasteiger partial charge in [-0.05, 0) is 42.0 Å². The number of thioether (sulfide) groups is 2. The predicted octanol–water partition coefficient (Wildman–Crippen LogP) is 7.28. The van der Waals surface area contributed by atoms with E-state index in [9.17, 15) is 19.2 Å². The van der Waals surface area contributed by atoms with E-state index in [2.05, 4.69) is 57.2 Å². The molecule has 2 aliphatic heterocycles. The van der Waals surface area contributed by atoms with Crippen molar-refractivity contribution < 1.29 is 32.8 Å². The Morgan fingerprint density at radius 2 is 1.62 bits per heavy atom. The number of carbonyl (C=O) groups excluding carboxylic acids is 3. The average Bonchev–Trinajstić information content (AvgIpc) is 4.02. The lowest BCUT2D eigenvalue weighted by Gasteiger charge is -2.49. The van der Waals surface area contributed by atoms with E-state index in [1.54, 1.807) is 10.9 Å². The SMILES string of the molecule is CO/N=C(\C(=O)N[C@@H]1C(=O)N2C(C(=O)OCc3oc(=O)oc3C)=C(S/C=C\c3scnc3C)CS[C@H]12)c1csc(NC(c2ccccc2)(c2ccccc2)c2ccccc2)n1. The number of aromatic nitrogens is 2. The Hall–Kier alpha value is -6.21. The molecule has 1 saturated heterocycles. The molecule has 2 aliphatic rings. The quantitative estimate of drug-likeness (QED) is 0.0346. The number of nitrogens with zero attached hydrogens (tertiary/aromatic N) is 4. The van der Waals surface area contributed by atoms with Gasteiger partial charge < -0.3 is 29.0 Å². The number of rotatable bonds is 15. The van der Waals surface area contributed by atoms with Crippen molar-refractivity contribution in [3.05, 3.63) is 173 Å². The molecule has 2 N–H and O–H groups in total. The lowest BCUT2D eigenvalue weighted by Crippen LogP contribution is -2.71. The summed E-state index contributed by atoms with van der Waals surface area (Å²) in [5, 5.41) is 13.9. The number of ether oxygens (including phenoxy) is 1. The summed E-state index contributed by atoms with van der Waals surface area (Å²) in [6, 6.07) is 29.1. The van der Waals surface area contributed by atoms with Crippen LogP contribution in [0.1, 0.15) is 44.5 Å². The molecule has 310 valence electrons. The highest BCUT2D eigenvalue weighted by molar-refractivity contribution is 8.08. The third-order valence-corrected chi connectivity index (χ3v) is 13.9. The molecular formula is C43H36N6O8S4. The molecule has 2 amide bonds. The molecular weight excluding hydrogens is 857 g/mol. The number of anilines is 1. The molecule has 61 heavy (non-hydrogen) atoms. The number of esters is 1. The van der Waals surface area contributed by atoms with Crippen LogP contribution in [0.25, 0.3) is 6.08 Å². The smallest absolute Gasteiger partial charge is 0.453 e. The van der Waals surface area contributed by atoms with E-state index >= 15 is 0 Å². The van der Waals surface area contributed by atoms with Gasteiger partial charge in [0.25, 0.3) is 11.8 Å².